The van der Waals surface area contributed by atoms with Gasteiger partial charge < -0.3 is 9.73 Å². The van der Waals surface area contributed by atoms with Gasteiger partial charge in [-0.2, -0.15) is 11.8 Å². The molecular formula is C9H17NOS. The predicted octanol–water partition coefficient (Wildman–Crippen LogP) is 2.37. The van der Waals surface area contributed by atoms with Crippen molar-refractivity contribution in [2.24, 2.45) is 0 Å². The molecule has 0 fully saturated rings. The molecule has 1 aromatic heterocycles. The molecule has 0 amide bonds. The summed E-state index contributed by atoms with van der Waals surface area (Å²) in [7, 11) is 0. The van der Waals surface area contributed by atoms with Gasteiger partial charge in [0.05, 0.1) is 12.0 Å². The highest BCUT2D eigenvalue weighted by Crippen LogP contribution is 2.11. The average Bonchev–Trinajstić information content (AvgIpc) is 2.57. The van der Waals surface area contributed by atoms with Gasteiger partial charge in [0.25, 0.3) is 0 Å². The smallest absolute Gasteiger partial charge is 0.113 e. The third-order valence-corrected chi connectivity index (χ3v) is 2.48. The van der Waals surface area contributed by atoms with Crippen LogP contribution in [0.3, 0.4) is 0 Å². The van der Waals surface area contributed by atoms with Gasteiger partial charge in [-0.3, -0.25) is 0 Å². The SMILES string of the molecule is CCNCCSCc1ccco1.[HH]. The van der Waals surface area contributed by atoms with E-state index in [2.05, 4.69) is 12.2 Å². The second-order valence-corrected chi connectivity index (χ2v) is 3.59. The largest absolute Gasteiger partial charge is 0.468 e. The van der Waals surface area contributed by atoms with Crippen LogP contribution in [0.2, 0.25) is 0 Å². The van der Waals surface area contributed by atoms with E-state index >= 15 is 0 Å². The Balaban J connectivity index is 0.00000144. The van der Waals surface area contributed by atoms with Crippen molar-refractivity contribution in [3.63, 3.8) is 0 Å². The van der Waals surface area contributed by atoms with Gasteiger partial charge in [-0.1, -0.05) is 6.92 Å². The Hall–Kier alpha value is -0.410. The van der Waals surface area contributed by atoms with Crippen molar-refractivity contribution < 1.29 is 5.84 Å². The number of nitrogens with one attached hydrogen (secondary N) is 1. The molecule has 12 heavy (non-hydrogen) atoms. The van der Waals surface area contributed by atoms with Crippen molar-refractivity contribution in [2.75, 3.05) is 18.8 Å². The Morgan fingerprint density at radius 1 is 1.67 bits per heavy atom. The summed E-state index contributed by atoms with van der Waals surface area (Å²) in [6.07, 6.45) is 1.72. The minimum Gasteiger partial charge on any atom is -0.468 e. The van der Waals surface area contributed by atoms with Crippen LogP contribution in [0.15, 0.2) is 22.8 Å². The molecule has 1 rings (SSSR count). The van der Waals surface area contributed by atoms with E-state index in [4.69, 9.17) is 4.42 Å². The number of rotatable bonds is 6. The third kappa shape index (κ3) is 3.83. The molecule has 0 unspecified atom stereocenters. The third-order valence-electron chi connectivity index (χ3n) is 1.50. The van der Waals surface area contributed by atoms with E-state index in [1.807, 2.05) is 23.9 Å². The minimum atomic E-state index is 0. The molecule has 1 N–H and O–H groups in total. The maximum absolute atomic E-state index is 5.20. The zero-order valence-electron chi connectivity index (χ0n) is 7.38. The molecule has 0 bridgehead atoms. The fraction of sp³-hybridized carbons (Fsp3) is 0.556. The van der Waals surface area contributed by atoms with Crippen molar-refractivity contribution in [1.82, 2.24) is 5.32 Å². The molecular weight excluding hydrogens is 170 g/mol. The van der Waals surface area contributed by atoms with E-state index < -0.39 is 0 Å². The fourth-order valence-corrected chi connectivity index (χ4v) is 1.69. The van der Waals surface area contributed by atoms with E-state index in [1.165, 1.54) is 0 Å². The van der Waals surface area contributed by atoms with Gasteiger partial charge in [0.2, 0.25) is 0 Å². The maximum atomic E-state index is 5.20. The summed E-state index contributed by atoms with van der Waals surface area (Å²) >= 11 is 1.89. The van der Waals surface area contributed by atoms with Crippen molar-refractivity contribution in [2.45, 2.75) is 12.7 Å². The number of furan rings is 1. The Labute approximate surface area is 79.2 Å². The first kappa shape index (κ1) is 9.68. The summed E-state index contributed by atoms with van der Waals surface area (Å²) in [6, 6.07) is 3.94. The standard InChI is InChI=1S/C9H15NOS.H2/c1-2-10-5-7-12-8-9-4-3-6-11-9;/h3-4,6,10H,2,5,7-8H2,1H3;1H. The molecule has 0 saturated carbocycles. The summed E-state index contributed by atoms with van der Waals surface area (Å²) in [6.45, 7) is 4.26. The highest BCUT2D eigenvalue weighted by Gasteiger charge is 1.94. The molecule has 1 heterocycles. The Bertz CT molecular complexity index is 192. The predicted molar refractivity (Wildman–Crippen MR) is 55.5 cm³/mol. The fourth-order valence-electron chi connectivity index (χ4n) is 0.889. The van der Waals surface area contributed by atoms with Gasteiger partial charge in [-0.05, 0) is 18.7 Å². The van der Waals surface area contributed by atoms with E-state index in [0.717, 1.165) is 30.4 Å². The Kier molecular flexibility index (Phi) is 4.95. The molecule has 0 atom stereocenters. The van der Waals surface area contributed by atoms with Crippen LogP contribution in [-0.4, -0.2) is 18.8 Å². The van der Waals surface area contributed by atoms with Crippen LogP contribution in [0.4, 0.5) is 0 Å². The zero-order valence-corrected chi connectivity index (χ0v) is 8.19. The number of hydrogen-bond donors (Lipinski definition) is 1. The lowest BCUT2D eigenvalue weighted by atomic mass is 10.5. The number of hydrogen-bond acceptors (Lipinski definition) is 3. The van der Waals surface area contributed by atoms with Gasteiger partial charge >= 0.3 is 0 Å². The summed E-state index contributed by atoms with van der Waals surface area (Å²) in [5.41, 5.74) is 0. The van der Waals surface area contributed by atoms with Crippen LogP contribution in [0.1, 0.15) is 14.1 Å². The maximum Gasteiger partial charge on any atom is 0.113 e. The second-order valence-electron chi connectivity index (χ2n) is 2.49. The second kappa shape index (κ2) is 6.14. The molecule has 0 spiro atoms. The molecule has 3 heteroatoms. The summed E-state index contributed by atoms with van der Waals surface area (Å²) in [4.78, 5) is 0. The quantitative estimate of drug-likeness (QED) is 0.692. The van der Waals surface area contributed by atoms with Crippen LogP contribution in [0, 0.1) is 0 Å². The molecule has 0 aromatic carbocycles. The molecule has 0 radical (unpaired) electrons. The highest BCUT2D eigenvalue weighted by molar-refractivity contribution is 7.98. The molecule has 0 saturated heterocycles. The average molecular weight is 187 g/mol. The van der Waals surface area contributed by atoms with Gasteiger partial charge in [-0.25, -0.2) is 0 Å². The zero-order chi connectivity index (χ0) is 8.65. The van der Waals surface area contributed by atoms with E-state index in [-0.39, 0.29) is 1.43 Å². The normalized spacial score (nSPS) is 10.4. The van der Waals surface area contributed by atoms with Crippen LogP contribution in [-0.2, 0) is 5.75 Å². The van der Waals surface area contributed by atoms with E-state index in [1.54, 1.807) is 6.26 Å². The first-order valence-electron chi connectivity index (χ1n) is 4.24. The highest BCUT2D eigenvalue weighted by atomic mass is 32.2. The first-order chi connectivity index (χ1) is 5.93. The van der Waals surface area contributed by atoms with Crippen molar-refractivity contribution >= 4 is 11.8 Å². The Morgan fingerprint density at radius 2 is 2.58 bits per heavy atom. The summed E-state index contributed by atoms with van der Waals surface area (Å²) in [5, 5.41) is 3.28. The Morgan fingerprint density at radius 3 is 3.25 bits per heavy atom. The molecule has 0 aliphatic heterocycles. The van der Waals surface area contributed by atoms with Crippen molar-refractivity contribution in [3.8, 4) is 0 Å². The lowest BCUT2D eigenvalue weighted by Crippen LogP contribution is -2.15. The van der Waals surface area contributed by atoms with E-state index in [9.17, 15) is 0 Å². The first-order valence-corrected chi connectivity index (χ1v) is 5.39. The van der Waals surface area contributed by atoms with Gasteiger partial charge in [0.1, 0.15) is 5.76 Å². The summed E-state index contributed by atoms with van der Waals surface area (Å²) < 4.78 is 5.20. The monoisotopic (exact) mass is 187 g/mol. The van der Waals surface area contributed by atoms with Crippen LogP contribution in [0.25, 0.3) is 0 Å². The topological polar surface area (TPSA) is 25.2 Å². The van der Waals surface area contributed by atoms with Gasteiger partial charge in [0.15, 0.2) is 0 Å². The molecule has 0 aliphatic carbocycles. The molecule has 1 aromatic rings. The van der Waals surface area contributed by atoms with Crippen molar-refractivity contribution in [1.29, 1.82) is 0 Å². The van der Waals surface area contributed by atoms with E-state index in [0.29, 0.717) is 0 Å². The van der Waals surface area contributed by atoms with Crippen molar-refractivity contribution in [3.05, 3.63) is 24.2 Å². The molecule has 70 valence electrons. The number of thioether (sulfide) groups is 1. The molecule has 0 aliphatic rings. The lowest BCUT2D eigenvalue weighted by molar-refractivity contribution is 0.530. The lowest BCUT2D eigenvalue weighted by Gasteiger charge is -1.99. The van der Waals surface area contributed by atoms with Gasteiger partial charge in [0, 0.05) is 13.7 Å². The van der Waals surface area contributed by atoms with Gasteiger partial charge in [-0.15, -0.1) is 0 Å². The minimum absolute atomic E-state index is 0. The molecule has 2 nitrogen and oxygen atoms in total. The van der Waals surface area contributed by atoms with Crippen LogP contribution < -0.4 is 5.32 Å². The summed E-state index contributed by atoms with van der Waals surface area (Å²) in [5.74, 6) is 3.20. The van der Waals surface area contributed by atoms with Crippen LogP contribution in [0.5, 0.6) is 0 Å². The van der Waals surface area contributed by atoms with Crippen LogP contribution >= 0.6 is 11.8 Å².